The molecular formula is C20H39O10P. The van der Waals surface area contributed by atoms with Crippen LogP contribution in [0.15, 0.2) is 0 Å². The molecule has 0 aromatic rings. The quantitative estimate of drug-likeness (QED) is 0.451. The van der Waals surface area contributed by atoms with E-state index in [1.165, 1.54) is 0 Å². The van der Waals surface area contributed by atoms with Gasteiger partial charge in [0.1, 0.15) is 36.6 Å². The van der Waals surface area contributed by atoms with Crippen molar-refractivity contribution in [3.05, 3.63) is 0 Å². The van der Waals surface area contributed by atoms with Gasteiger partial charge in [0.05, 0.1) is 36.6 Å². The third-order valence-corrected chi connectivity index (χ3v) is 5.96. The van der Waals surface area contributed by atoms with Crippen LogP contribution in [0.1, 0.15) is 55.4 Å². The highest BCUT2D eigenvalue weighted by Crippen LogP contribution is 2.48. The lowest BCUT2D eigenvalue weighted by Gasteiger charge is -2.29. The minimum Gasteiger partial charge on any atom is -0.388 e. The minimum atomic E-state index is -4.56. The molecule has 2 heterocycles. The Kier molecular flexibility index (Phi) is 8.76. The molecule has 0 aromatic carbocycles. The first-order chi connectivity index (χ1) is 14.0. The van der Waals surface area contributed by atoms with Crippen molar-refractivity contribution >= 4 is 7.82 Å². The zero-order chi connectivity index (χ0) is 23.8. The van der Waals surface area contributed by atoms with Crippen LogP contribution in [-0.2, 0) is 32.6 Å². The summed E-state index contributed by atoms with van der Waals surface area (Å²) in [6.07, 6.45) is -6.49. The lowest BCUT2D eigenvalue weighted by Crippen LogP contribution is -2.42. The Labute approximate surface area is 184 Å². The van der Waals surface area contributed by atoms with Gasteiger partial charge in [0.25, 0.3) is 0 Å². The van der Waals surface area contributed by atoms with Gasteiger partial charge in [-0.25, -0.2) is 4.57 Å². The summed E-state index contributed by atoms with van der Waals surface area (Å²) < 4.78 is 45.7. The minimum absolute atomic E-state index is 0.114. The first-order valence-corrected chi connectivity index (χ1v) is 12.1. The fraction of sp³-hybridized carbons (Fsp3) is 1.00. The Bertz CT molecular complexity index is 630. The summed E-state index contributed by atoms with van der Waals surface area (Å²) >= 11 is 0. The lowest BCUT2D eigenvalue weighted by molar-refractivity contribution is -0.119. The van der Waals surface area contributed by atoms with E-state index in [1.54, 1.807) is 13.8 Å². The predicted octanol–water partition coefficient (Wildman–Crippen LogP) is 1.78. The van der Waals surface area contributed by atoms with E-state index in [0.29, 0.717) is 0 Å². The van der Waals surface area contributed by atoms with Crippen LogP contribution < -0.4 is 0 Å². The van der Waals surface area contributed by atoms with E-state index >= 15 is 0 Å². The molecule has 0 aliphatic carbocycles. The first kappa shape index (κ1) is 27.1. The molecule has 10 nitrogen and oxygen atoms in total. The van der Waals surface area contributed by atoms with Crippen molar-refractivity contribution < 1.29 is 47.7 Å². The maximum Gasteiger partial charge on any atom is 0.472 e. The molecule has 9 atom stereocenters. The molecule has 2 aliphatic heterocycles. The summed E-state index contributed by atoms with van der Waals surface area (Å²) in [7, 11) is -4.56. The number of phosphoric acid groups is 1. The normalized spacial score (nSPS) is 39.1. The third kappa shape index (κ3) is 7.99. The summed E-state index contributed by atoms with van der Waals surface area (Å²) in [6, 6.07) is 0. The molecule has 3 unspecified atom stereocenters. The van der Waals surface area contributed by atoms with Gasteiger partial charge < -0.3 is 34.1 Å². The average Bonchev–Trinajstić information content (AvgIpc) is 3.01. The molecule has 0 saturated carbocycles. The Hall–Kier alpha value is -0.130. The highest BCUT2D eigenvalue weighted by molar-refractivity contribution is 7.47. The predicted molar refractivity (Wildman–Crippen MR) is 112 cm³/mol. The van der Waals surface area contributed by atoms with Crippen molar-refractivity contribution in [3.63, 3.8) is 0 Å². The van der Waals surface area contributed by atoms with Crippen molar-refractivity contribution in [1.82, 2.24) is 0 Å². The lowest BCUT2D eigenvalue weighted by atomic mass is 10.1. The van der Waals surface area contributed by atoms with Gasteiger partial charge in [0.15, 0.2) is 0 Å². The van der Waals surface area contributed by atoms with Gasteiger partial charge in [-0.3, -0.25) is 9.05 Å². The summed E-state index contributed by atoms with van der Waals surface area (Å²) in [6.45, 7) is 14.2. The van der Waals surface area contributed by atoms with E-state index in [1.807, 2.05) is 41.5 Å². The number of phosphoric ester groups is 1. The van der Waals surface area contributed by atoms with Gasteiger partial charge in [-0.2, -0.15) is 0 Å². The molecule has 11 heteroatoms. The Morgan fingerprint density at radius 2 is 1.42 bits per heavy atom. The molecule has 2 rings (SSSR count). The number of hydrogen-bond acceptors (Lipinski definition) is 9. The van der Waals surface area contributed by atoms with Gasteiger partial charge >= 0.3 is 7.82 Å². The van der Waals surface area contributed by atoms with E-state index in [9.17, 15) is 19.7 Å². The Morgan fingerprint density at radius 1 is 0.839 bits per heavy atom. The van der Waals surface area contributed by atoms with Crippen LogP contribution in [-0.4, -0.2) is 88.4 Å². The standard InChI is InChI=1S/C20H39O10P/c1-11-15(21)18(29-20(6,7)8)14(27-11)10-26-31(23,24)30-17-12(2)28-13(16(17)22)9-25-19(3,4)5/h11-18,21-22H,9-10H2,1-8H3,(H,23,24)/t11-,12-,13+,14+,15+,16?,17+,18?/m0/s1. The van der Waals surface area contributed by atoms with Gasteiger partial charge in [-0.05, 0) is 55.4 Å². The van der Waals surface area contributed by atoms with E-state index in [2.05, 4.69) is 0 Å². The summed E-state index contributed by atoms with van der Waals surface area (Å²) in [5.41, 5.74) is -0.975. The van der Waals surface area contributed by atoms with Crippen LogP contribution in [0, 0.1) is 0 Å². The molecule has 0 radical (unpaired) electrons. The number of ether oxygens (including phenoxy) is 4. The first-order valence-electron chi connectivity index (χ1n) is 10.6. The average molecular weight is 470 g/mol. The van der Waals surface area contributed by atoms with Gasteiger partial charge in [0.2, 0.25) is 0 Å². The van der Waals surface area contributed by atoms with Crippen molar-refractivity contribution in [2.24, 2.45) is 0 Å². The maximum absolute atomic E-state index is 12.6. The molecule has 0 aromatic heterocycles. The van der Waals surface area contributed by atoms with Crippen LogP contribution in [0.5, 0.6) is 0 Å². The van der Waals surface area contributed by atoms with Crippen LogP contribution in [0.4, 0.5) is 0 Å². The molecule has 0 bridgehead atoms. The number of rotatable bonds is 8. The highest BCUT2D eigenvalue weighted by atomic mass is 31.2. The smallest absolute Gasteiger partial charge is 0.388 e. The second-order valence-corrected chi connectivity index (χ2v) is 11.6. The van der Waals surface area contributed by atoms with Crippen LogP contribution in [0.3, 0.4) is 0 Å². The fourth-order valence-corrected chi connectivity index (χ4v) is 4.50. The molecule has 184 valence electrons. The molecule has 3 N–H and O–H groups in total. The molecule has 0 spiro atoms. The maximum atomic E-state index is 12.6. The van der Waals surface area contributed by atoms with Crippen molar-refractivity contribution in [2.75, 3.05) is 13.2 Å². The second-order valence-electron chi connectivity index (χ2n) is 10.2. The Morgan fingerprint density at radius 3 is 1.97 bits per heavy atom. The van der Waals surface area contributed by atoms with Crippen molar-refractivity contribution in [2.45, 2.75) is 115 Å². The SMILES string of the molecule is C[C@@H]1O[C@H](COP(=O)(O)O[C@H]2C(O)[C@@H](COC(C)(C)C)O[C@H]2C)C(OC(C)(C)C)[C@@H]1O. The monoisotopic (exact) mass is 470 g/mol. The number of aliphatic hydroxyl groups is 2. The molecule has 2 saturated heterocycles. The van der Waals surface area contributed by atoms with E-state index in [4.69, 9.17) is 28.0 Å². The number of aliphatic hydroxyl groups excluding tert-OH is 2. The van der Waals surface area contributed by atoms with Gasteiger partial charge in [-0.15, -0.1) is 0 Å². The topological polar surface area (TPSA) is 133 Å². The summed E-state index contributed by atoms with van der Waals surface area (Å²) in [4.78, 5) is 10.2. The molecule has 2 fully saturated rings. The largest absolute Gasteiger partial charge is 0.472 e. The van der Waals surface area contributed by atoms with E-state index in [-0.39, 0.29) is 13.2 Å². The summed E-state index contributed by atoms with van der Waals surface area (Å²) in [5, 5.41) is 20.8. The van der Waals surface area contributed by atoms with Gasteiger partial charge in [-0.1, -0.05) is 0 Å². The molecule has 2 aliphatic rings. The van der Waals surface area contributed by atoms with Crippen molar-refractivity contribution in [1.29, 1.82) is 0 Å². The highest BCUT2D eigenvalue weighted by Gasteiger charge is 2.48. The fourth-order valence-electron chi connectivity index (χ4n) is 3.50. The van der Waals surface area contributed by atoms with Crippen molar-refractivity contribution in [3.8, 4) is 0 Å². The molecule has 31 heavy (non-hydrogen) atoms. The zero-order valence-corrected chi connectivity index (χ0v) is 20.6. The van der Waals surface area contributed by atoms with Crippen LogP contribution in [0.2, 0.25) is 0 Å². The van der Waals surface area contributed by atoms with E-state index < -0.39 is 67.9 Å². The molecular weight excluding hydrogens is 431 g/mol. The summed E-state index contributed by atoms with van der Waals surface area (Å²) in [5.74, 6) is 0. The Balaban J connectivity index is 1.94. The van der Waals surface area contributed by atoms with Crippen LogP contribution in [0.25, 0.3) is 0 Å². The number of hydrogen-bond donors (Lipinski definition) is 3. The zero-order valence-electron chi connectivity index (χ0n) is 19.7. The van der Waals surface area contributed by atoms with Gasteiger partial charge in [0, 0.05) is 0 Å². The van der Waals surface area contributed by atoms with Crippen LogP contribution >= 0.6 is 7.82 Å². The van der Waals surface area contributed by atoms with E-state index in [0.717, 1.165) is 0 Å². The second kappa shape index (κ2) is 10.0. The third-order valence-electron chi connectivity index (χ3n) is 4.97. The molecule has 0 amide bonds.